The Labute approximate surface area is 161 Å². The van der Waals surface area contributed by atoms with Crippen molar-refractivity contribution in [1.82, 2.24) is 5.32 Å². The molecule has 1 unspecified atom stereocenters. The summed E-state index contributed by atoms with van der Waals surface area (Å²) in [6.07, 6.45) is 0.976. The van der Waals surface area contributed by atoms with Gasteiger partial charge in [0.15, 0.2) is 0 Å². The predicted octanol–water partition coefficient (Wildman–Crippen LogP) is 5.60. The molecule has 0 spiro atoms. The number of aryl methyl sites for hydroxylation is 1. The van der Waals surface area contributed by atoms with E-state index >= 15 is 0 Å². The van der Waals surface area contributed by atoms with E-state index in [2.05, 4.69) is 86.8 Å². The van der Waals surface area contributed by atoms with Gasteiger partial charge in [-0.25, -0.2) is 0 Å². The van der Waals surface area contributed by atoms with E-state index in [1.54, 1.807) is 0 Å². The van der Waals surface area contributed by atoms with Gasteiger partial charge in [0.1, 0.15) is 0 Å². The summed E-state index contributed by atoms with van der Waals surface area (Å²) in [6, 6.07) is 23.5. The Balaban J connectivity index is 1.76. The normalized spacial score (nSPS) is 17.3. The van der Waals surface area contributed by atoms with Crippen LogP contribution in [0.2, 0.25) is 0 Å². The molecule has 3 aromatic carbocycles. The van der Waals surface area contributed by atoms with Gasteiger partial charge < -0.3 is 0 Å². The molecular formula is C25H24N2. The molecule has 0 saturated heterocycles. The fourth-order valence-corrected chi connectivity index (χ4v) is 4.34. The van der Waals surface area contributed by atoms with E-state index in [4.69, 9.17) is 0 Å². The van der Waals surface area contributed by atoms with E-state index in [-0.39, 0.29) is 5.54 Å². The molecule has 0 aliphatic heterocycles. The zero-order chi connectivity index (χ0) is 19.0. The zero-order valence-electron chi connectivity index (χ0n) is 16.1. The number of nitrogens with zero attached hydrogens (tertiary/aromatic N) is 1. The minimum Gasteiger partial charge on any atom is -0.300 e. The number of nitrogens with one attached hydrogen (secondary N) is 1. The fraction of sp³-hybridized carbons (Fsp3) is 0.240. The molecule has 2 nitrogen and oxygen atoms in total. The molecule has 1 aliphatic carbocycles. The highest BCUT2D eigenvalue weighted by molar-refractivity contribution is 5.83. The van der Waals surface area contributed by atoms with E-state index < -0.39 is 0 Å². The lowest BCUT2D eigenvalue weighted by Gasteiger charge is -2.18. The largest absolute Gasteiger partial charge is 0.300 e. The Morgan fingerprint density at radius 1 is 0.963 bits per heavy atom. The number of fused-ring (bicyclic) bond motifs is 1. The van der Waals surface area contributed by atoms with Crippen molar-refractivity contribution in [2.24, 2.45) is 0 Å². The quantitative estimate of drug-likeness (QED) is 0.649. The Morgan fingerprint density at radius 2 is 1.74 bits per heavy atom. The SMILES string of the molecule is CCC1(NCc2cccc(C)c2)c2c(-c3ccccc3)cc(C#N)c(C)c21. The second kappa shape index (κ2) is 6.68. The fourth-order valence-electron chi connectivity index (χ4n) is 4.34. The van der Waals surface area contributed by atoms with Gasteiger partial charge in [-0.05, 0) is 59.7 Å². The minimum atomic E-state index is -0.131. The zero-order valence-corrected chi connectivity index (χ0v) is 16.1. The summed E-state index contributed by atoms with van der Waals surface area (Å²) < 4.78 is 0. The molecule has 0 amide bonds. The number of rotatable bonds is 5. The molecule has 0 saturated carbocycles. The minimum absolute atomic E-state index is 0.131. The molecule has 3 aromatic rings. The van der Waals surface area contributed by atoms with Gasteiger partial charge in [-0.1, -0.05) is 67.1 Å². The standard InChI is InChI=1S/C25H24N2/c1-4-25(27-16-19-10-8-9-17(2)13-19)23-18(3)21(15-26)14-22(24(23)25)20-11-6-5-7-12-20/h5-14,27H,4,16H2,1-3H3. The van der Waals surface area contributed by atoms with Gasteiger partial charge in [0, 0.05) is 6.54 Å². The van der Waals surface area contributed by atoms with Crippen molar-refractivity contribution in [2.45, 2.75) is 39.3 Å². The highest BCUT2D eigenvalue weighted by Crippen LogP contribution is 2.57. The monoisotopic (exact) mass is 352 g/mol. The number of hydrogen-bond acceptors (Lipinski definition) is 2. The summed E-state index contributed by atoms with van der Waals surface area (Å²) in [6.45, 7) is 7.25. The first kappa shape index (κ1) is 17.5. The van der Waals surface area contributed by atoms with Crippen LogP contribution >= 0.6 is 0 Å². The van der Waals surface area contributed by atoms with Crippen LogP contribution in [0.5, 0.6) is 0 Å². The van der Waals surface area contributed by atoms with E-state index in [0.717, 1.165) is 24.1 Å². The third-order valence-electron chi connectivity index (χ3n) is 5.79. The van der Waals surface area contributed by atoms with Crippen molar-refractivity contribution in [3.05, 3.63) is 94.0 Å². The van der Waals surface area contributed by atoms with Gasteiger partial charge in [-0.15, -0.1) is 0 Å². The van der Waals surface area contributed by atoms with Gasteiger partial charge in [-0.2, -0.15) is 5.26 Å². The molecule has 4 rings (SSSR count). The maximum atomic E-state index is 9.65. The van der Waals surface area contributed by atoms with Crippen molar-refractivity contribution < 1.29 is 0 Å². The van der Waals surface area contributed by atoms with Crippen LogP contribution < -0.4 is 5.32 Å². The molecule has 0 fully saturated rings. The van der Waals surface area contributed by atoms with Crippen LogP contribution in [0.3, 0.4) is 0 Å². The Bertz CT molecular complexity index is 1040. The molecule has 1 N–H and O–H groups in total. The summed E-state index contributed by atoms with van der Waals surface area (Å²) >= 11 is 0. The highest BCUT2D eigenvalue weighted by Gasteiger charge is 2.52. The molecule has 134 valence electrons. The van der Waals surface area contributed by atoms with Crippen molar-refractivity contribution in [3.8, 4) is 17.2 Å². The smallest absolute Gasteiger partial charge is 0.0994 e. The summed E-state index contributed by atoms with van der Waals surface area (Å²) in [4.78, 5) is 0. The van der Waals surface area contributed by atoms with Crippen LogP contribution in [0, 0.1) is 25.2 Å². The lowest BCUT2D eigenvalue weighted by molar-refractivity contribution is 0.464. The third kappa shape index (κ3) is 2.85. The van der Waals surface area contributed by atoms with Crippen molar-refractivity contribution >= 4 is 0 Å². The molecule has 0 bridgehead atoms. The van der Waals surface area contributed by atoms with Crippen LogP contribution in [-0.2, 0) is 12.1 Å². The molecule has 27 heavy (non-hydrogen) atoms. The second-order valence-electron chi connectivity index (χ2n) is 7.43. The van der Waals surface area contributed by atoms with Gasteiger partial charge in [0.05, 0.1) is 17.2 Å². The molecule has 0 heterocycles. The van der Waals surface area contributed by atoms with E-state index in [9.17, 15) is 5.26 Å². The summed E-state index contributed by atoms with van der Waals surface area (Å²) in [5, 5.41) is 13.5. The van der Waals surface area contributed by atoms with Crippen molar-refractivity contribution in [1.29, 1.82) is 5.26 Å². The van der Waals surface area contributed by atoms with Crippen LogP contribution in [0.15, 0.2) is 60.7 Å². The molecule has 0 radical (unpaired) electrons. The summed E-state index contributed by atoms with van der Waals surface area (Å²) in [5.41, 5.74) is 9.38. The lowest BCUT2D eigenvalue weighted by atomic mass is 10.00. The molecular weight excluding hydrogens is 328 g/mol. The van der Waals surface area contributed by atoms with Crippen LogP contribution in [0.4, 0.5) is 0 Å². The van der Waals surface area contributed by atoms with E-state index in [1.165, 1.54) is 33.4 Å². The van der Waals surface area contributed by atoms with Crippen LogP contribution in [0.25, 0.3) is 11.1 Å². The number of benzene rings is 3. The number of hydrogen-bond donors (Lipinski definition) is 1. The van der Waals surface area contributed by atoms with E-state index in [1.807, 2.05) is 6.07 Å². The predicted molar refractivity (Wildman–Crippen MR) is 110 cm³/mol. The molecule has 2 heteroatoms. The number of nitriles is 1. The first-order valence-electron chi connectivity index (χ1n) is 9.55. The van der Waals surface area contributed by atoms with Crippen molar-refractivity contribution in [3.63, 3.8) is 0 Å². The molecule has 1 aliphatic rings. The third-order valence-corrected chi connectivity index (χ3v) is 5.79. The Kier molecular flexibility index (Phi) is 4.34. The summed E-state index contributed by atoms with van der Waals surface area (Å²) in [5.74, 6) is 0. The highest BCUT2D eigenvalue weighted by atomic mass is 15.0. The average molecular weight is 352 g/mol. The molecule has 0 aromatic heterocycles. The van der Waals surface area contributed by atoms with E-state index in [0.29, 0.717) is 0 Å². The maximum Gasteiger partial charge on any atom is 0.0994 e. The van der Waals surface area contributed by atoms with Crippen LogP contribution in [-0.4, -0.2) is 0 Å². The first-order valence-corrected chi connectivity index (χ1v) is 9.55. The van der Waals surface area contributed by atoms with Gasteiger partial charge >= 0.3 is 0 Å². The van der Waals surface area contributed by atoms with Gasteiger partial charge in [0.2, 0.25) is 0 Å². The lowest BCUT2D eigenvalue weighted by Crippen LogP contribution is -2.29. The van der Waals surface area contributed by atoms with Crippen molar-refractivity contribution in [2.75, 3.05) is 0 Å². The topological polar surface area (TPSA) is 35.8 Å². The Hall–Kier alpha value is -2.89. The maximum absolute atomic E-state index is 9.65. The first-order chi connectivity index (χ1) is 13.1. The summed E-state index contributed by atoms with van der Waals surface area (Å²) in [7, 11) is 0. The Morgan fingerprint density at radius 3 is 2.41 bits per heavy atom. The second-order valence-corrected chi connectivity index (χ2v) is 7.43. The molecule has 1 atom stereocenters. The van der Waals surface area contributed by atoms with Crippen LogP contribution in [0.1, 0.15) is 46.7 Å². The average Bonchev–Trinajstić information content (AvgIpc) is 3.37. The van der Waals surface area contributed by atoms with Gasteiger partial charge in [0.25, 0.3) is 0 Å². The van der Waals surface area contributed by atoms with Gasteiger partial charge in [-0.3, -0.25) is 5.32 Å².